The van der Waals surface area contributed by atoms with Crippen molar-refractivity contribution < 1.29 is 9.59 Å². The van der Waals surface area contributed by atoms with Crippen molar-refractivity contribution in [3.05, 3.63) is 46.8 Å². The smallest absolute Gasteiger partial charge is 0.273 e. The number of hydrogen-bond donors (Lipinski definition) is 1. The van der Waals surface area contributed by atoms with Crippen LogP contribution in [0.25, 0.3) is 0 Å². The number of nitrogens with one attached hydrogen (secondary N) is 1. The van der Waals surface area contributed by atoms with Crippen molar-refractivity contribution in [2.24, 2.45) is 0 Å². The maximum atomic E-state index is 13.1. The number of likely N-dealkylation sites (tertiary alicyclic amines) is 1. The lowest BCUT2D eigenvalue weighted by Gasteiger charge is -2.25. The normalized spacial score (nSPS) is 19.7. The van der Waals surface area contributed by atoms with E-state index in [1.807, 2.05) is 30.9 Å². The Kier molecular flexibility index (Phi) is 5.65. The van der Waals surface area contributed by atoms with Crippen LogP contribution in [0.3, 0.4) is 0 Å². The summed E-state index contributed by atoms with van der Waals surface area (Å²) in [5, 5.41) is 11.2. The fraction of sp³-hybridized carbons (Fsp3) is 0.545. The number of aromatic nitrogens is 3. The van der Waals surface area contributed by atoms with E-state index in [1.165, 1.54) is 12.8 Å². The molecule has 1 aliphatic heterocycles. The molecule has 29 heavy (non-hydrogen) atoms. The Hall–Kier alpha value is -2.70. The van der Waals surface area contributed by atoms with Gasteiger partial charge in [-0.3, -0.25) is 9.59 Å². The molecule has 2 aromatic rings. The molecule has 2 amide bonds. The van der Waals surface area contributed by atoms with E-state index in [0.717, 1.165) is 48.9 Å². The van der Waals surface area contributed by atoms with Crippen molar-refractivity contribution in [3.63, 3.8) is 0 Å². The van der Waals surface area contributed by atoms with Crippen LogP contribution in [-0.2, 0) is 6.54 Å². The third kappa shape index (κ3) is 4.49. The predicted molar refractivity (Wildman–Crippen MR) is 110 cm³/mol. The molecule has 2 fully saturated rings. The fourth-order valence-electron chi connectivity index (χ4n) is 4.59. The van der Waals surface area contributed by atoms with Gasteiger partial charge in [-0.15, -0.1) is 5.10 Å². The first-order valence-electron chi connectivity index (χ1n) is 10.6. The number of amides is 2. The third-order valence-electron chi connectivity index (χ3n) is 5.97. The van der Waals surface area contributed by atoms with Crippen LogP contribution in [0.4, 0.5) is 0 Å². The molecule has 4 rings (SSSR count). The van der Waals surface area contributed by atoms with E-state index in [1.54, 1.807) is 10.9 Å². The molecule has 0 unspecified atom stereocenters. The van der Waals surface area contributed by atoms with Crippen molar-refractivity contribution in [1.29, 1.82) is 0 Å². The summed E-state index contributed by atoms with van der Waals surface area (Å²) in [7, 11) is 0. The second kappa shape index (κ2) is 8.35. The Morgan fingerprint density at radius 1 is 1.07 bits per heavy atom. The molecule has 7 nitrogen and oxygen atoms in total. The SMILES string of the molecule is Cc1cc(C)cc(C(=O)N2CCC[C@H]2Cn2cc(C(=O)NC3CCCC3)nn2)c1. The highest BCUT2D eigenvalue weighted by molar-refractivity contribution is 5.95. The summed E-state index contributed by atoms with van der Waals surface area (Å²) >= 11 is 0. The molecule has 2 aliphatic rings. The van der Waals surface area contributed by atoms with Gasteiger partial charge in [0.2, 0.25) is 0 Å². The maximum Gasteiger partial charge on any atom is 0.273 e. The zero-order valence-corrected chi connectivity index (χ0v) is 17.2. The summed E-state index contributed by atoms with van der Waals surface area (Å²) in [5.41, 5.74) is 3.28. The summed E-state index contributed by atoms with van der Waals surface area (Å²) in [6.07, 6.45) is 8.02. The molecule has 0 bridgehead atoms. The van der Waals surface area contributed by atoms with Crippen LogP contribution in [0.1, 0.15) is 70.5 Å². The zero-order chi connectivity index (χ0) is 20.4. The minimum atomic E-state index is -0.155. The Morgan fingerprint density at radius 2 is 1.79 bits per heavy atom. The molecule has 1 aliphatic carbocycles. The third-order valence-corrected chi connectivity index (χ3v) is 5.97. The summed E-state index contributed by atoms with van der Waals surface area (Å²) in [4.78, 5) is 27.4. The van der Waals surface area contributed by atoms with Crippen LogP contribution in [-0.4, -0.2) is 50.3 Å². The fourth-order valence-corrected chi connectivity index (χ4v) is 4.59. The van der Waals surface area contributed by atoms with Crippen LogP contribution in [0.15, 0.2) is 24.4 Å². The van der Waals surface area contributed by atoms with Crippen LogP contribution in [0.5, 0.6) is 0 Å². The summed E-state index contributed by atoms with van der Waals surface area (Å²) in [6, 6.07) is 6.30. The van der Waals surface area contributed by atoms with Gasteiger partial charge in [0.15, 0.2) is 5.69 Å². The van der Waals surface area contributed by atoms with Gasteiger partial charge in [0.05, 0.1) is 18.8 Å². The second-order valence-electron chi connectivity index (χ2n) is 8.45. The van der Waals surface area contributed by atoms with Crippen LogP contribution < -0.4 is 5.32 Å². The van der Waals surface area contributed by atoms with Gasteiger partial charge in [-0.05, 0) is 51.7 Å². The molecule has 1 saturated carbocycles. The van der Waals surface area contributed by atoms with E-state index >= 15 is 0 Å². The first kappa shape index (κ1) is 19.6. The predicted octanol–water partition coefficient (Wildman–Crippen LogP) is 2.87. The number of carbonyl (C=O) groups excluding carboxylic acids is 2. The van der Waals surface area contributed by atoms with E-state index in [4.69, 9.17) is 0 Å². The van der Waals surface area contributed by atoms with Gasteiger partial charge in [0, 0.05) is 18.2 Å². The lowest BCUT2D eigenvalue weighted by Crippen LogP contribution is -2.38. The molecule has 2 heterocycles. The maximum absolute atomic E-state index is 13.1. The number of hydrogen-bond acceptors (Lipinski definition) is 4. The Morgan fingerprint density at radius 3 is 2.52 bits per heavy atom. The van der Waals surface area contributed by atoms with Crippen molar-refractivity contribution >= 4 is 11.8 Å². The summed E-state index contributed by atoms with van der Waals surface area (Å²) < 4.78 is 1.70. The quantitative estimate of drug-likeness (QED) is 0.844. The molecule has 0 spiro atoms. The summed E-state index contributed by atoms with van der Waals surface area (Å²) in [5.74, 6) is -0.0867. The number of rotatable bonds is 5. The zero-order valence-electron chi connectivity index (χ0n) is 17.2. The highest BCUT2D eigenvalue weighted by atomic mass is 16.2. The monoisotopic (exact) mass is 395 g/mol. The molecule has 1 N–H and O–H groups in total. The van der Waals surface area contributed by atoms with Crippen molar-refractivity contribution in [3.8, 4) is 0 Å². The van der Waals surface area contributed by atoms with E-state index in [-0.39, 0.29) is 23.9 Å². The molecule has 0 radical (unpaired) electrons. The minimum absolute atomic E-state index is 0.0655. The lowest BCUT2D eigenvalue weighted by molar-refractivity contribution is 0.0720. The highest BCUT2D eigenvalue weighted by Gasteiger charge is 2.30. The van der Waals surface area contributed by atoms with Gasteiger partial charge >= 0.3 is 0 Å². The molecule has 154 valence electrons. The van der Waals surface area contributed by atoms with Crippen LogP contribution in [0.2, 0.25) is 0 Å². The average molecular weight is 396 g/mol. The van der Waals surface area contributed by atoms with Crippen molar-refractivity contribution in [2.45, 2.75) is 71.0 Å². The minimum Gasteiger partial charge on any atom is -0.348 e. The van der Waals surface area contributed by atoms with E-state index in [9.17, 15) is 9.59 Å². The van der Waals surface area contributed by atoms with Crippen molar-refractivity contribution in [1.82, 2.24) is 25.2 Å². The van der Waals surface area contributed by atoms with E-state index < -0.39 is 0 Å². The number of carbonyl (C=O) groups is 2. The van der Waals surface area contributed by atoms with Gasteiger partial charge < -0.3 is 10.2 Å². The Bertz CT molecular complexity index is 880. The van der Waals surface area contributed by atoms with Gasteiger partial charge in [-0.1, -0.05) is 35.2 Å². The van der Waals surface area contributed by atoms with Gasteiger partial charge in [0.25, 0.3) is 11.8 Å². The number of nitrogens with zero attached hydrogens (tertiary/aromatic N) is 4. The second-order valence-corrected chi connectivity index (χ2v) is 8.45. The van der Waals surface area contributed by atoms with Crippen LogP contribution >= 0.6 is 0 Å². The van der Waals surface area contributed by atoms with Gasteiger partial charge in [0.1, 0.15) is 0 Å². The average Bonchev–Trinajstić information content (AvgIpc) is 3.42. The molecular weight excluding hydrogens is 366 g/mol. The molecule has 1 saturated heterocycles. The summed E-state index contributed by atoms with van der Waals surface area (Å²) in [6.45, 7) is 5.33. The Labute approximate surface area is 171 Å². The molecule has 1 aromatic heterocycles. The molecule has 1 atom stereocenters. The largest absolute Gasteiger partial charge is 0.348 e. The molecule has 1 aromatic carbocycles. The molecule has 7 heteroatoms. The first-order valence-corrected chi connectivity index (χ1v) is 10.6. The molecular formula is C22H29N5O2. The van der Waals surface area contributed by atoms with E-state index in [2.05, 4.69) is 21.7 Å². The van der Waals surface area contributed by atoms with Gasteiger partial charge in [-0.2, -0.15) is 0 Å². The van der Waals surface area contributed by atoms with Crippen molar-refractivity contribution in [2.75, 3.05) is 6.54 Å². The number of aryl methyl sites for hydroxylation is 2. The van der Waals surface area contributed by atoms with Crippen LogP contribution in [0, 0.1) is 13.8 Å². The standard InChI is InChI=1S/C22H29N5O2/c1-15-10-16(2)12-17(11-15)22(29)27-9-5-8-19(27)13-26-14-20(24-25-26)21(28)23-18-6-3-4-7-18/h10-12,14,18-19H,3-9,13H2,1-2H3,(H,23,28)/t19-/m0/s1. The Balaban J connectivity index is 1.41. The lowest BCUT2D eigenvalue weighted by atomic mass is 10.1. The van der Waals surface area contributed by atoms with Gasteiger partial charge in [-0.25, -0.2) is 4.68 Å². The first-order chi connectivity index (χ1) is 14.0. The van der Waals surface area contributed by atoms with E-state index in [0.29, 0.717) is 12.2 Å². The number of benzene rings is 1. The topological polar surface area (TPSA) is 80.1 Å². The highest BCUT2D eigenvalue weighted by Crippen LogP contribution is 2.23.